The maximum Gasteiger partial charge on any atom is 0.312 e. The fourth-order valence-electron chi connectivity index (χ4n) is 2.25. The number of rotatable bonds is 2. The standard InChI is InChI=1S/C8H12O3S/c9-4-8(6(10)11)3-7(8)1-2-12-5-7/h9H,1-5H2,(H,10,11). The molecule has 1 saturated carbocycles. The van der Waals surface area contributed by atoms with Crippen molar-refractivity contribution in [1.82, 2.24) is 0 Å². The molecule has 4 heteroatoms. The summed E-state index contributed by atoms with van der Waals surface area (Å²) in [5, 5.41) is 18.0. The van der Waals surface area contributed by atoms with E-state index < -0.39 is 11.4 Å². The van der Waals surface area contributed by atoms with E-state index in [1.54, 1.807) is 11.8 Å². The third kappa shape index (κ3) is 0.796. The van der Waals surface area contributed by atoms with E-state index in [1.807, 2.05) is 0 Å². The van der Waals surface area contributed by atoms with Crippen molar-refractivity contribution in [2.45, 2.75) is 12.8 Å². The fraction of sp³-hybridized carbons (Fsp3) is 0.875. The van der Waals surface area contributed by atoms with E-state index in [2.05, 4.69) is 0 Å². The zero-order chi connectivity index (χ0) is 8.82. The molecule has 0 aromatic heterocycles. The summed E-state index contributed by atoms with van der Waals surface area (Å²) in [5.74, 6) is 1.15. The molecular weight excluding hydrogens is 176 g/mol. The van der Waals surface area contributed by atoms with Gasteiger partial charge in [-0.25, -0.2) is 0 Å². The van der Waals surface area contributed by atoms with Crippen LogP contribution in [0, 0.1) is 10.8 Å². The van der Waals surface area contributed by atoms with Crippen molar-refractivity contribution in [2.75, 3.05) is 18.1 Å². The molecule has 2 aliphatic rings. The van der Waals surface area contributed by atoms with Crippen LogP contribution in [0.4, 0.5) is 0 Å². The molecule has 1 heterocycles. The van der Waals surface area contributed by atoms with Crippen LogP contribution < -0.4 is 0 Å². The Labute approximate surface area is 75.2 Å². The minimum atomic E-state index is -0.813. The van der Waals surface area contributed by atoms with Crippen LogP contribution in [0.3, 0.4) is 0 Å². The van der Waals surface area contributed by atoms with Crippen LogP contribution in [0.15, 0.2) is 0 Å². The van der Waals surface area contributed by atoms with Gasteiger partial charge in [-0.05, 0) is 24.0 Å². The number of aliphatic hydroxyl groups is 1. The lowest BCUT2D eigenvalue weighted by Crippen LogP contribution is -2.27. The van der Waals surface area contributed by atoms with Gasteiger partial charge in [0, 0.05) is 5.75 Å². The molecule has 0 radical (unpaired) electrons. The van der Waals surface area contributed by atoms with Gasteiger partial charge in [0.2, 0.25) is 0 Å². The lowest BCUT2D eigenvalue weighted by atomic mass is 9.93. The van der Waals surface area contributed by atoms with E-state index in [-0.39, 0.29) is 12.0 Å². The molecule has 2 rings (SSSR count). The van der Waals surface area contributed by atoms with Crippen molar-refractivity contribution in [1.29, 1.82) is 0 Å². The number of carboxylic acid groups (broad SMARTS) is 1. The number of carboxylic acids is 1. The molecule has 2 unspecified atom stereocenters. The van der Waals surface area contributed by atoms with Crippen molar-refractivity contribution in [3.8, 4) is 0 Å². The molecule has 3 nitrogen and oxygen atoms in total. The SMILES string of the molecule is O=C(O)C1(CO)CC12CCSC2. The quantitative estimate of drug-likeness (QED) is 0.665. The Morgan fingerprint density at radius 2 is 2.33 bits per heavy atom. The first-order valence-electron chi connectivity index (χ1n) is 4.09. The zero-order valence-corrected chi connectivity index (χ0v) is 7.56. The number of aliphatic hydroxyl groups excluding tert-OH is 1. The van der Waals surface area contributed by atoms with Gasteiger partial charge in [-0.1, -0.05) is 0 Å². The second-order valence-corrected chi connectivity index (χ2v) is 4.91. The van der Waals surface area contributed by atoms with Crippen LogP contribution in [0.25, 0.3) is 0 Å². The van der Waals surface area contributed by atoms with Gasteiger partial charge in [-0.3, -0.25) is 4.79 Å². The summed E-state index contributed by atoms with van der Waals surface area (Å²) >= 11 is 1.80. The van der Waals surface area contributed by atoms with Gasteiger partial charge in [0.1, 0.15) is 0 Å². The number of hydrogen-bond donors (Lipinski definition) is 2. The Morgan fingerprint density at radius 3 is 2.67 bits per heavy atom. The summed E-state index contributed by atoms with van der Waals surface area (Å²) in [6.45, 7) is -0.192. The largest absolute Gasteiger partial charge is 0.481 e. The molecule has 2 atom stereocenters. The number of thioether (sulfide) groups is 1. The lowest BCUT2D eigenvalue weighted by Gasteiger charge is -2.13. The lowest BCUT2D eigenvalue weighted by molar-refractivity contribution is -0.146. The van der Waals surface area contributed by atoms with Gasteiger partial charge in [-0.2, -0.15) is 11.8 Å². The first-order chi connectivity index (χ1) is 5.67. The average Bonchev–Trinajstić information content (AvgIpc) is 2.40. The summed E-state index contributed by atoms with van der Waals surface area (Å²) < 4.78 is 0. The van der Waals surface area contributed by atoms with Gasteiger partial charge in [-0.15, -0.1) is 0 Å². The molecule has 0 aromatic carbocycles. The Balaban J connectivity index is 2.20. The van der Waals surface area contributed by atoms with Crippen LogP contribution in [0.2, 0.25) is 0 Å². The second kappa shape index (κ2) is 2.39. The molecule has 68 valence electrons. The van der Waals surface area contributed by atoms with Crippen molar-refractivity contribution >= 4 is 17.7 Å². The van der Waals surface area contributed by atoms with Gasteiger partial charge in [0.15, 0.2) is 0 Å². The molecule has 1 saturated heterocycles. The zero-order valence-electron chi connectivity index (χ0n) is 6.75. The Morgan fingerprint density at radius 1 is 1.58 bits per heavy atom. The summed E-state index contributed by atoms with van der Waals surface area (Å²) in [4.78, 5) is 10.9. The van der Waals surface area contributed by atoms with Crippen molar-refractivity contribution < 1.29 is 15.0 Å². The maximum atomic E-state index is 10.9. The molecule has 12 heavy (non-hydrogen) atoms. The van der Waals surface area contributed by atoms with Gasteiger partial charge < -0.3 is 10.2 Å². The third-order valence-electron chi connectivity index (χ3n) is 3.31. The number of carbonyl (C=O) groups is 1. The predicted octanol–water partition coefficient (Wildman–Crippen LogP) is 0.577. The highest BCUT2D eigenvalue weighted by Gasteiger charge is 2.72. The highest BCUT2D eigenvalue weighted by atomic mass is 32.2. The Hall–Kier alpha value is -0.220. The normalized spacial score (nSPS) is 45.1. The predicted molar refractivity (Wildman–Crippen MR) is 46.1 cm³/mol. The van der Waals surface area contributed by atoms with Crippen molar-refractivity contribution in [3.63, 3.8) is 0 Å². The molecular formula is C8H12O3S. The van der Waals surface area contributed by atoms with Crippen molar-refractivity contribution in [3.05, 3.63) is 0 Å². The Bertz CT molecular complexity index is 222. The van der Waals surface area contributed by atoms with E-state index in [9.17, 15) is 4.79 Å². The van der Waals surface area contributed by atoms with E-state index in [1.165, 1.54) is 0 Å². The molecule has 1 spiro atoms. The summed E-state index contributed by atoms with van der Waals surface area (Å²) in [5.41, 5.74) is -0.839. The molecule has 0 bridgehead atoms. The smallest absolute Gasteiger partial charge is 0.312 e. The summed E-state index contributed by atoms with van der Waals surface area (Å²) in [6, 6.07) is 0. The van der Waals surface area contributed by atoms with Crippen LogP contribution >= 0.6 is 11.8 Å². The van der Waals surface area contributed by atoms with E-state index >= 15 is 0 Å². The summed E-state index contributed by atoms with van der Waals surface area (Å²) in [7, 11) is 0. The number of aliphatic carboxylic acids is 1. The minimum absolute atomic E-state index is 0.0573. The molecule has 2 N–H and O–H groups in total. The first-order valence-corrected chi connectivity index (χ1v) is 5.24. The molecule has 1 aliphatic carbocycles. The molecule has 0 aromatic rings. The average molecular weight is 188 g/mol. The highest BCUT2D eigenvalue weighted by Crippen LogP contribution is 2.69. The summed E-state index contributed by atoms with van der Waals surface area (Å²) in [6.07, 6.45) is 1.64. The van der Waals surface area contributed by atoms with Gasteiger partial charge in [0.25, 0.3) is 0 Å². The Kier molecular flexibility index (Phi) is 1.67. The van der Waals surface area contributed by atoms with E-state index in [4.69, 9.17) is 10.2 Å². The first kappa shape index (κ1) is 8.38. The fourth-order valence-corrected chi connectivity index (χ4v) is 3.84. The number of hydrogen-bond acceptors (Lipinski definition) is 3. The van der Waals surface area contributed by atoms with Crippen LogP contribution in [-0.4, -0.2) is 34.3 Å². The maximum absolute atomic E-state index is 10.9. The van der Waals surface area contributed by atoms with Gasteiger partial charge in [0.05, 0.1) is 12.0 Å². The van der Waals surface area contributed by atoms with Gasteiger partial charge >= 0.3 is 5.97 Å². The van der Waals surface area contributed by atoms with Crippen LogP contribution in [-0.2, 0) is 4.79 Å². The topological polar surface area (TPSA) is 57.5 Å². The van der Waals surface area contributed by atoms with Crippen LogP contribution in [0.5, 0.6) is 0 Å². The van der Waals surface area contributed by atoms with E-state index in [0.29, 0.717) is 6.42 Å². The second-order valence-electron chi connectivity index (χ2n) is 3.81. The van der Waals surface area contributed by atoms with E-state index in [0.717, 1.165) is 17.9 Å². The molecule has 0 amide bonds. The monoisotopic (exact) mass is 188 g/mol. The third-order valence-corrected chi connectivity index (χ3v) is 4.56. The highest BCUT2D eigenvalue weighted by molar-refractivity contribution is 7.99. The van der Waals surface area contributed by atoms with Crippen molar-refractivity contribution in [2.24, 2.45) is 10.8 Å². The minimum Gasteiger partial charge on any atom is -0.481 e. The van der Waals surface area contributed by atoms with Crippen LogP contribution in [0.1, 0.15) is 12.8 Å². The molecule has 2 fully saturated rings. The molecule has 1 aliphatic heterocycles.